The van der Waals surface area contributed by atoms with Crippen LogP contribution in [0.1, 0.15) is 28.1 Å². The third-order valence-electron chi connectivity index (χ3n) is 4.63. The van der Waals surface area contributed by atoms with Gasteiger partial charge < -0.3 is 15.0 Å². The van der Waals surface area contributed by atoms with Gasteiger partial charge in [-0.25, -0.2) is 0 Å². The monoisotopic (exact) mass is 401 g/mol. The van der Waals surface area contributed by atoms with Gasteiger partial charge in [0.2, 0.25) is 5.91 Å². The summed E-state index contributed by atoms with van der Waals surface area (Å²) in [5.41, 5.74) is 1.29. The van der Waals surface area contributed by atoms with Gasteiger partial charge in [-0.1, -0.05) is 6.07 Å². The molecule has 2 aromatic rings. The third kappa shape index (κ3) is 5.89. The van der Waals surface area contributed by atoms with Gasteiger partial charge in [0.15, 0.2) is 0 Å². The number of hydrogen-bond donors (Lipinski definition) is 1. The van der Waals surface area contributed by atoms with E-state index in [4.69, 9.17) is 4.74 Å². The highest BCUT2D eigenvalue weighted by atomic mass is 32.1. The van der Waals surface area contributed by atoms with Gasteiger partial charge in [0, 0.05) is 49.9 Å². The molecule has 2 heterocycles. The Morgan fingerprint density at radius 3 is 2.61 bits per heavy atom. The van der Waals surface area contributed by atoms with Crippen molar-refractivity contribution >= 4 is 28.8 Å². The molecule has 1 saturated heterocycles. The molecule has 0 radical (unpaired) electrons. The Morgan fingerprint density at radius 2 is 2.00 bits per heavy atom. The van der Waals surface area contributed by atoms with Crippen LogP contribution in [-0.2, 0) is 16.1 Å². The standard InChI is InChI=1S/C21H27N3O3S/c1-23(2)21(26)16-7-9-17(10-8-16)22-20(25)15-24(13-18-5-3-11-27-18)14-19-6-4-12-28-19/h4,6-10,12,18H,3,5,11,13-15H2,1-2H3,(H,22,25)/t18-/m1/s1. The molecule has 7 heteroatoms. The summed E-state index contributed by atoms with van der Waals surface area (Å²) < 4.78 is 5.75. The Labute approximate surface area is 170 Å². The fourth-order valence-corrected chi connectivity index (χ4v) is 3.99. The van der Waals surface area contributed by atoms with Crippen LogP contribution in [0.15, 0.2) is 41.8 Å². The first-order valence-electron chi connectivity index (χ1n) is 9.49. The molecule has 28 heavy (non-hydrogen) atoms. The van der Waals surface area contributed by atoms with Crippen LogP contribution in [-0.4, -0.2) is 61.5 Å². The molecule has 150 valence electrons. The molecule has 1 aromatic heterocycles. The quantitative estimate of drug-likeness (QED) is 0.738. The molecule has 1 atom stereocenters. The third-order valence-corrected chi connectivity index (χ3v) is 5.50. The van der Waals surface area contributed by atoms with Crippen molar-refractivity contribution < 1.29 is 14.3 Å². The highest BCUT2D eigenvalue weighted by Crippen LogP contribution is 2.17. The number of nitrogens with zero attached hydrogens (tertiary/aromatic N) is 2. The summed E-state index contributed by atoms with van der Waals surface area (Å²) in [6.07, 6.45) is 2.33. The van der Waals surface area contributed by atoms with Crippen LogP contribution in [0.5, 0.6) is 0 Å². The van der Waals surface area contributed by atoms with Gasteiger partial charge in [-0.15, -0.1) is 11.3 Å². The second-order valence-corrected chi connectivity index (χ2v) is 8.24. The SMILES string of the molecule is CN(C)C(=O)c1ccc(NC(=O)CN(Cc2cccs2)C[C@H]2CCCO2)cc1. The predicted octanol–water partition coefficient (Wildman–Crippen LogP) is 3.07. The minimum Gasteiger partial charge on any atom is -0.377 e. The average molecular weight is 402 g/mol. The van der Waals surface area contributed by atoms with E-state index >= 15 is 0 Å². The molecular weight excluding hydrogens is 374 g/mol. The number of carbonyl (C=O) groups excluding carboxylic acids is 2. The zero-order chi connectivity index (χ0) is 19.9. The van der Waals surface area contributed by atoms with Crippen molar-refractivity contribution in [3.8, 4) is 0 Å². The van der Waals surface area contributed by atoms with E-state index in [1.807, 2.05) is 6.07 Å². The number of amides is 2. The van der Waals surface area contributed by atoms with E-state index in [1.54, 1.807) is 49.7 Å². The van der Waals surface area contributed by atoms with Crippen molar-refractivity contribution in [2.45, 2.75) is 25.5 Å². The lowest BCUT2D eigenvalue weighted by Gasteiger charge is -2.24. The van der Waals surface area contributed by atoms with Gasteiger partial charge in [0.05, 0.1) is 12.6 Å². The van der Waals surface area contributed by atoms with E-state index in [2.05, 4.69) is 21.7 Å². The summed E-state index contributed by atoms with van der Waals surface area (Å²) in [4.78, 5) is 29.4. The minimum absolute atomic E-state index is 0.0587. The number of carbonyl (C=O) groups is 2. The van der Waals surface area contributed by atoms with Crippen molar-refractivity contribution in [2.75, 3.05) is 39.1 Å². The number of thiophene rings is 1. The molecule has 2 amide bonds. The molecule has 0 saturated carbocycles. The van der Waals surface area contributed by atoms with Crippen molar-refractivity contribution in [1.82, 2.24) is 9.80 Å². The summed E-state index contributed by atoms with van der Waals surface area (Å²) in [7, 11) is 3.43. The van der Waals surface area contributed by atoms with E-state index in [9.17, 15) is 9.59 Å². The first kappa shape index (κ1) is 20.5. The number of benzene rings is 1. The Kier molecular flexibility index (Phi) is 7.19. The lowest BCUT2D eigenvalue weighted by Crippen LogP contribution is -2.37. The van der Waals surface area contributed by atoms with Crippen LogP contribution in [0.25, 0.3) is 0 Å². The number of rotatable bonds is 8. The zero-order valence-electron chi connectivity index (χ0n) is 16.4. The Hall–Kier alpha value is -2.22. The molecule has 1 N–H and O–H groups in total. The molecule has 0 spiro atoms. The van der Waals surface area contributed by atoms with E-state index in [-0.39, 0.29) is 17.9 Å². The van der Waals surface area contributed by atoms with Crippen molar-refractivity contribution in [2.24, 2.45) is 0 Å². The van der Waals surface area contributed by atoms with E-state index in [0.717, 1.165) is 32.5 Å². The van der Waals surface area contributed by atoms with Gasteiger partial charge in [0.1, 0.15) is 0 Å². The molecular formula is C21H27N3O3S. The van der Waals surface area contributed by atoms with Crippen LogP contribution in [0.2, 0.25) is 0 Å². The van der Waals surface area contributed by atoms with Gasteiger partial charge in [-0.3, -0.25) is 14.5 Å². The van der Waals surface area contributed by atoms with Gasteiger partial charge in [0.25, 0.3) is 5.91 Å². The van der Waals surface area contributed by atoms with Crippen molar-refractivity contribution in [3.05, 3.63) is 52.2 Å². The van der Waals surface area contributed by atoms with Crippen LogP contribution >= 0.6 is 11.3 Å². The lowest BCUT2D eigenvalue weighted by atomic mass is 10.2. The molecule has 1 aliphatic rings. The molecule has 1 aliphatic heterocycles. The van der Waals surface area contributed by atoms with Crippen LogP contribution in [0, 0.1) is 0 Å². The fourth-order valence-electron chi connectivity index (χ4n) is 3.24. The number of ether oxygens (including phenoxy) is 1. The first-order chi connectivity index (χ1) is 13.5. The summed E-state index contributed by atoms with van der Waals surface area (Å²) in [6.45, 7) is 2.60. The van der Waals surface area contributed by atoms with Crippen LogP contribution in [0.3, 0.4) is 0 Å². The minimum atomic E-state index is -0.0683. The normalized spacial score (nSPS) is 16.3. The van der Waals surface area contributed by atoms with E-state index in [1.165, 1.54) is 9.78 Å². The summed E-state index contributed by atoms with van der Waals surface area (Å²) in [5.74, 6) is -0.127. The molecule has 3 rings (SSSR count). The van der Waals surface area contributed by atoms with Gasteiger partial charge >= 0.3 is 0 Å². The summed E-state index contributed by atoms with van der Waals surface area (Å²) in [5, 5.41) is 4.98. The highest BCUT2D eigenvalue weighted by molar-refractivity contribution is 7.09. The second-order valence-electron chi connectivity index (χ2n) is 7.21. The highest BCUT2D eigenvalue weighted by Gasteiger charge is 2.21. The van der Waals surface area contributed by atoms with E-state index < -0.39 is 0 Å². The van der Waals surface area contributed by atoms with Gasteiger partial charge in [-0.05, 0) is 48.6 Å². The molecule has 0 unspecified atom stereocenters. The molecule has 1 fully saturated rings. The molecule has 6 nitrogen and oxygen atoms in total. The van der Waals surface area contributed by atoms with Crippen molar-refractivity contribution in [3.63, 3.8) is 0 Å². The second kappa shape index (κ2) is 9.82. The number of hydrogen-bond acceptors (Lipinski definition) is 5. The van der Waals surface area contributed by atoms with Gasteiger partial charge in [-0.2, -0.15) is 0 Å². The molecule has 1 aromatic carbocycles. The predicted molar refractivity (Wildman–Crippen MR) is 112 cm³/mol. The number of nitrogens with one attached hydrogen (secondary N) is 1. The number of anilines is 1. The van der Waals surface area contributed by atoms with E-state index in [0.29, 0.717) is 17.8 Å². The largest absolute Gasteiger partial charge is 0.377 e. The summed E-state index contributed by atoms with van der Waals surface area (Å²) >= 11 is 1.70. The molecule has 0 aliphatic carbocycles. The smallest absolute Gasteiger partial charge is 0.253 e. The maximum absolute atomic E-state index is 12.6. The Bertz CT molecular complexity index is 769. The van der Waals surface area contributed by atoms with Crippen LogP contribution in [0.4, 0.5) is 5.69 Å². The topological polar surface area (TPSA) is 61.9 Å². The lowest BCUT2D eigenvalue weighted by molar-refractivity contribution is -0.117. The summed E-state index contributed by atoms with van der Waals surface area (Å²) in [6, 6.07) is 11.1. The maximum atomic E-state index is 12.6. The first-order valence-corrected chi connectivity index (χ1v) is 10.4. The maximum Gasteiger partial charge on any atom is 0.253 e. The average Bonchev–Trinajstić information content (AvgIpc) is 3.35. The fraction of sp³-hybridized carbons (Fsp3) is 0.429. The Balaban J connectivity index is 1.58. The zero-order valence-corrected chi connectivity index (χ0v) is 17.2. The Morgan fingerprint density at radius 1 is 1.21 bits per heavy atom. The van der Waals surface area contributed by atoms with Crippen molar-refractivity contribution in [1.29, 1.82) is 0 Å². The van der Waals surface area contributed by atoms with Crippen LogP contribution < -0.4 is 5.32 Å². The molecule has 0 bridgehead atoms.